The maximum atomic E-state index is 9.67. The number of hydrogen-bond donors (Lipinski definition) is 0. The van der Waals surface area contributed by atoms with Crippen molar-refractivity contribution in [2.24, 2.45) is 12.0 Å². The van der Waals surface area contributed by atoms with E-state index in [-0.39, 0.29) is 0 Å². The third-order valence-electron chi connectivity index (χ3n) is 6.60. The molecule has 0 N–H and O–H groups in total. The maximum absolute atomic E-state index is 9.67. The Morgan fingerprint density at radius 2 is 1.95 bits per heavy atom. The summed E-state index contributed by atoms with van der Waals surface area (Å²) < 4.78 is 8.72. The lowest BCUT2D eigenvalue weighted by Gasteiger charge is -2.35. The van der Waals surface area contributed by atoms with Crippen molar-refractivity contribution < 1.29 is 4.52 Å². The van der Waals surface area contributed by atoms with Crippen LogP contribution >= 0.6 is 0 Å². The van der Waals surface area contributed by atoms with Gasteiger partial charge in [0.15, 0.2) is 0 Å². The Kier molecular flexibility index (Phi) is 6.70. The summed E-state index contributed by atoms with van der Waals surface area (Å²) in [4.78, 5) is 8.91. The Morgan fingerprint density at radius 1 is 1.14 bits per heavy atom. The van der Waals surface area contributed by atoms with E-state index in [0.29, 0.717) is 5.56 Å². The molecule has 188 valence electrons. The van der Waals surface area contributed by atoms with Gasteiger partial charge in [-0.1, -0.05) is 11.2 Å². The van der Waals surface area contributed by atoms with E-state index in [1.165, 1.54) is 0 Å². The second kappa shape index (κ2) is 10.2. The minimum atomic E-state index is 0.532. The highest BCUT2D eigenvalue weighted by Gasteiger charge is 2.19. The molecular formula is C27H29N9O. The second-order valence-corrected chi connectivity index (χ2v) is 9.23. The summed E-state index contributed by atoms with van der Waals surface area (Å²) in [6.45, 7) is 12.0. The van der Waals surface area contributed by atoms with Gasteiger partial charge in [-0.15, -0.1) is 0 Å². The molecule has 10 heteroatoms. The molecule has 1 aliphatic rings. The summed E-state index contributed by atoms with van der Waals surface area (Å²) in [5.41, 5.74) is 6.15. The predicted octanol–water partition coefficient (Wildman–Crippen LogP) is 3.67. The van der Waals surface area contributed by atoms with E-state index in [4.69, 9.17) is 4.52 Å². The Labute approximate surface area is 215 Å². The number of piperazine rings is 1. The fourth-order valence-electron chi connectivity index (χ4n) is 4.64. The number of aliphatic imine (C=N–C) groups is 1. The molecule has 0 bridgehead atoms. The van der Waals surface area contributed by atoms with E-state index in [9.17, 15) is 5.26 Å². The normalized spacial score (nSPS) is 15.4. The van der Waals surface area contributed by atoms with Gasteiger partial charge in [0.2, 0.25) is 0 Å². The van der Waals surface area contributed by atoms with Crippen LogP contribution in [0.15, 0.2) is 64.4 Å². The van der Waals surface area contributed by atoms with Gasteiger partial charge < -0.3 is 9.42 Å². The molecule has 0 unspecified atom stereocenters. The lowest BCUT2D eigenvalue weighted by molar-refractivity contribution is 0.149. The number of pyridine rings is 1. The average molecular weight is 496 g/mol. The van der Waals surface area contributed by atoms with E-state index < -0.39 is 0 Å². The molecule has 0 amide bonds. The van der Waals surface area contributed by atoms with Crippen molar-refractivity contribution in [3.8, 4) is 17.2 Å². The molecule has 37 heavy (non-hydrogen) atoms. The zero-order chi connectivity index (χ0) is 25.9. The molecule has 1 saturated heterocycles. The van der Waals surface area contributed by atoms with Crippen LogP contribution in [0.4, 0.5) is 0 Å². The zero-order valence-corrected chi connectivity index (χ0v) is 21.3. The fraction of sp³-hybridized carbons (Fsp3) is 0.296. The van der Waals surface area contributed by atoms with E-state index in [1.54, 1.807) is 15.4 Å². The van der Waals surface area contributed by atoms with E-state index in [1.807, 2.05) is 57.7 Å². The predicted molar refractivity (Wildman–Crippen MR) is 141 cm³/mol. The first-order chi connectivity index (χ1) is 17.9. The van der Waals surface area contributed by atoms with Crippen molar-refractivity contribution in [3.05, 3.63) is 77.5 Å². The number of fused-ring (bicyclic) bond motifs is 1. The molecule has 0 aliphatic carbocycles. The van der Waals surface area contributed by atoms with Gasteiger partial charge >= 0.3 is 0 Å². The lowest BCUT2D eigenvalue weighted by atomic mass is 10.0. The fourth-order valence-corrected chi connectivity index (χ4v) is 4.64. The summed E-state index contributed by atoms with van der Waals surface area (Å²) in [7, 11) is 1.89. The van der Waals surface area contributed by atoms with Crippen molar-refractivity contribution in [3.63, 3.8) is 0 Å². The number of aryl methyl sites for hydroxylation is 2. The van der Waals surface area contributed by atoms with E-state index in [0.717, 1.165) is 77.8 Å². The van der Waals surface area contributed by atoms with Gasteiger partial charge in [0.25, 0.3) is 0 Å². The zero-order valence-electron chi connectivity index (χ0n) is 21.3. The van der Waals surface area contributed by atoms with Crippen LogP contribution in [0.25, 0.3) is 22.2 Å². The van der Waals surface area contributed by atoms with Crippen LogP contribution < -0.4 is 0 Å². The van der Waals surface area contributed by atoms with Crippen molar-refractivity contribution in [1.82, 2.24) is 34.4 Å². The van der Waals surface area contributed by atoms with Crippen LogP contribution in [-0.4, -0.2) is 67.2 Å². The van der Waals surface area contributed by atoms with Gasteiger partial charge in [-0.3, -0.25) is 9.58 Å². The molecule has 4 aromatic heterocycles. The van der Waals surface area contributed by atoms with Crippen LogP contribution in [-0.2, 0) is 13.6 Å². The van der Waals surface area contributed by atoms with Crippen LogP contribution in [0.5, 0.6) is 0 Å². The van der Waals surface area contributed by atoms with Crippen molar-refractivity contribution in [2.75, 3.05) is 26.2 Å². The van der Waals surface area contributed by atoms with Gasteiger partial charge in [-0.05, 0) is 38.3 Å². The van der Waals surface area contributed by atoms with Crippen LogP contribution in [0.1, 0.15) is 29.5 Å². The van der Waals surface area contributed by atoms with Crippen molar-refractivity contribution >= 4 is 17.8 Å². The second-order valence-electron chi connectivity index (χ2n) is 9.23. The third-order valence-corrected chi connectivity index (χ3v) is 6.60. The Bertz CT molecular complexity index is 1540. The van der Waals surface area contributed by atoms with E-state index >= 15 is 0 Å². The Balaban J connectivity index is 1.39. The molecule has 4 aromatic rings. The molecule has 10 nitrogen and oxygen atoms in total. The molecule has 0 radical (unpaired) electrons. The number of allylic oxidation sites excluding steroid dienone is 3. The summed E-state index contributed by atoms with van der Waals surface area (Å²) in [5.74, 6) is 1.66. The van der Waals surface area contributed by atoms with Gasteiger partial charge in [0.1, 0.15) is 17.7 Å². The maximum Gasteiger partial charge on any atom is 0.133 e. The largest absolute Gasteiger partial charge is 0.361 e. The van der Waals surface area contributed by atoms with Gasteiger partial charge in [0.05, 0.1) is 29.2 Å². The first-order valence-electron chi connectivity index (χ1n) is 12.1. The average Bonchev–Trinajstić information content (AvgIpc) is 3.64. The van der Waals surface area contributed by atoms with Gasteiger partial charge in [-0.2, -0.15) is 15.5 Å². The Morgan fingerprint density at radius 3 is 2.59 bits per heavy atom. The molecule has 0 atom stereocenters. The molecule has 0 spiro atoms. The van der Waals surface area contributed by atoms with Crippen molar-refractivity contribution in [1.29, 1.82) is 5.26 Å². The number of rotatable bonds is 7. The number of nitrogens with zero attached hydrogens (tertiary/aromatic N) is 9. The number of hydrogen-bond acceptors (Lipinski definition) is 8. The summed E-state index contributed by atoms with van der Waals surface area (Å²) in [5, 5.41) is 22.5. The van der Waals surface area contributed by atoms with Gasteiger partial charge in [0, 0.05) is 74.9 Å². The topological polar surface area (TPSA) is 104 Å². The first kappa shape index (κ1) is 24.2. The third kappa shape index (κ3) is 5.08. The first-order valence-corrected chi connectivity index (χ1v) is 12.1. The molecule has 0 aromatic carbocycles. The molecule has 0 saturated carbocycles. The van der Waals surface area contributed by atoms with E-state index in [2.05, 4.69) is 49.0 Å². The quantitative estimate of drug-likeness (QED) is 0.285. The van der Waals surface area contributed by atoms with Crippen LogP contribution in [0, 0.1) is 18.3 Å². The Hall–Kier alpha value is -4.49. The SMILES string of the molecule is C=N/C(=C\C=C(/C)c1cc(-c2cnn(C)c2)cn2ncc(C#N)c12)N1CCN(Cc2cc(C)on2)CC1. The minimum absolute atomic E-state index is 0.532. The molecule has 5 rings (SSSR count). The standard InChI is InChI=1S/C27H29N9O/c1-19(5-6-26(29-3)35-9-7-34(8-10-35)18-24-11-20(2)37-32-24)25-12-21(23-15-30-33(4)16-23)17-36-27(25)22(13-28)14-31-36/h5-6,11-12,14-17H,3,7-10,18H2,1-2,4H3/b19-5+,26-6+. The highest BCUT2D eigenvalue weighted by atomic mass is 16.5. The smallest absolute Gasteiger partial charge is 0.133 e. The highest BCUT2D eigenvalue weighted by Crippen LogP contribution is 2.29. The summed E-state index contributed by atoms with van der Waals surface area (Å²) >= 11 is 0. The number of aromatic nitrogens is 5. The molecular weight excluding hydrogens is 466 g/mol. The monoisotopic (exact) mass is 495 g/mol. The van der Waals surface area contributed by atoms with Crippen molar-refractivity contribution in [2.45, 2.75) is 20.4 Å². The lowest BCUT2D eigenvalue weighted by Crippen LogP contribution is -2.45. The summed E-state index contributed by atoms with van der Waals surface area (Å²) in [6, 6.07) is 6.33. The highest BCUT2D eigenvalue weighted by molar-refractivity contribution is 5.84. The molecule has 5 heterocycles. The number of nitriles is 1. The molecule has 1 fully saturated rings. The van der Waals surface area contributed by atoms with Crippen LogP contribution in [0.2, 0.25) is 0 Å². The van der Waals surface area contributed by atoms with Gasteiger partial charge in [-0.25, -0.2) is 9.51 Å². The van der Waals surface area contributed by atoms with Crippen LogP contribution in [0.3, 0.4) is 0 Å². The molecule has 1 aliphatic heterocycles. The summed E-state index contributed by atoms with van der Waals surface area (Å²) in [6.07, 6.45) is 11.3. The minimum Gasteiger partial charge on any atom is -0.361 e.